The summed E-state index contributed by atoms with van der Waals surface area (Å²) in [5.74, 6) is 0.113. The number of carbonyl (C=O) groups excluding carboxylic acids is 1. The highest BCUT2D eigenvalue weighted by atomic mass is 16.2. The monoisotopic (exact) mass is 303 g/mol. The Kier molecular flexibility index (Phi) is 5.98. The largest absolute Gasteiger partial charge is 0.348 e. The van der Waals surface area contributed by atoms with E-state index in [0.29, 0.717) is 12.6 Å². The normalized spacial score (nSPS) is 20.6. The lowest BCUT2D eigenvalue weighted by molar-refractivity contribution is -0.123. The molecule has 4 heteroatoms. The van der Waals surface area contributed by atoms with Gasteiger partial charge in [-0.15, -0.1) is 0 Å². The molecule has 0 radical (unpaired) electrons. The van der Waals surface area contributed by atoms with Crippen molar-refractivity contribution in [2.45, 2.75) is 45.7 Å². The van der Waals surface area contributed by atoms with Crippen LogP contribution in [-0.2, 0) is 4.79 Å². The Morgan fingerprint density at radius 3 is 2.82 bits per heavy atom. The van der Waals surface area contributed by atoms with Crippen molar-refractivity contribution >= 4 is 5.91 Å². The smallest absolute Gasteiger partial charge is 0.234 e. The number of carbonyl (C=O) groups is 1. The van der Waals surface area contributed by atoms with Crippen molar-refractivity contribution in [3.63, 3.8) is 0 Å². The molecular weight excluding hydrogens is 274 g/mol. The SMILES string of the molecule is CNC1CCCN(CC(=O)NC(C)c2ccc(C)c(C)c2)C1. The number of nitrogens with one attached hydrogen (secondary N) is 2. The third-order valence-electron chi connectivity index (χ3n) is 4.69. The summed E-state index contributed by atoms with van der Waals surface area (Å²) in [6, 6.07) is 6.95. The fourth-order valence-corrected chi connectivity index (χ4v) is 3.04. The zero-order chi connectivity index (χ0) is 16.1. The fraction of sp³-hybridized carbons (Fsp3) is 0.611. The standard InChI is InChI=1S/C18H29N3O/c1-13-7-8-16(10-14(13)2)15(3)20-18(22)12-21-9-5-6-17(11-21)19-4/h7-8,10,15,17,19H,5-6,9,11-12H2,1-4H3,(H,20,22). The topological polar surface area (TPSA) is 44.4 Å². The van der Waals surface area contributed by atoms with E-state index in [2.05, 4.69) is 54.5 Å². The van der Waals surface area contributed by atoms with E-state index in [1.54, 1.807) is 0 Å². The van der Waals surface area contributed by atoms with Crippen molar-refractivity contribution in [3.8, 4) is 0 Å². The second kappa shape index (κ2) is 7.75. The van der Waals surface area contributed by atoms with Gasteiger partial charge in [0, 0.05) is 12.6 Å². The van der Waals surface area contributed by atoms with Gasteiger partial charge in [0.25, 0.3) is 0 Å². The van der Waals surface area contributed by atoms with Crippen LogP contribution in [0.5, 0.6) is 0 Å². The lowest BCUT2D eigenvalue weighted by atomic mass is 10.0. The molecular formula is C18H29N3O. The summed E-state index contributed by atoms with van der Waals surface area (Å²) in [5, 5.41) is 6.43. The molecule has 4 nitrogen and oxygen atoms in total. The maximum Gasteiger partial charge on any atom is 0.234 e. The van der Waals surface area contributed by atoms with E-state index in [9.17, 15) is 4.79 Å². The van der Waals surface area contributed by atoms with Crippen LogP contribution in [0.15, 0.2) is 18.2 Å². The highest BCUT2D eigenvalue weighted by Gasteiger charge is 2.21. The molecule has 2 unspecified atom stereocenters. The predicted octanol–water partition coefficient (Wildman–Crippen LogP) is 2.16. The second-order valence-electron chi connectivity index (χ2n) is 6.50. The zero-order valence-corrected chi connectivity index (χ0v) is 14.3. The number of hydrogen-bond acceptors (Lipinski definition) is 3. The molecule has 0 bridgehead atoms. The minimum atomic E-state index is 0.0525. The van der Waals surface area contributed by atoms with Crippen LogP contribution in [0.4, 0.5) is 0 Å². The van der Waals surface area contributed by atoms with Gasteiger partial charge in [-0.2, -0.15) is 0 Å². The molecule has 0 spiro atoms. The molecule has 1 fully saturated rings. The number of amides is 1. The van der Waals surface area contributed by atoms with E-state index in [1.165, 1.54) is 23.1 Å². The number of aryl methyl sites for hydroxylation is 2. The van der Waals surface area contributed by atoms with E-state index in [4.69, 9.17) is 0 Å². The van der Waals surface area contributed by atoms with Gasteiger partial charge < -0.3 is 10.6 Å². The average molecular weight is 303 g/mol. The Hall–Kier alpha value is -1.39. The minimum Gasteiger partial charge on any atom is -0.348 e. The number of nitrogens with zero attached hydrogens (tertiary/aromatic N) is 1. The molecule has 122 valence electrons. The number of likely N-dealkylation sites (N-methyl/N-ethyl adjacent to an activating group) is 1. The summed E-state index contributed by atoms with van der Waals surface area (Å²) in [7, 11) is 2.00. The molecule has 0 aromatic heterocycles. The second-order valence-corrected chi connectivity index (χ2v) is 6.50. The van der Waals surface area contributed by atoms with Crippen molar-refractivity contribution < 1.29 is 4.79 Å². The van der Waals surface area contributed by atoms with Crippen molar-refractivity contribution in [1.82, 2.24) is 15.5 Å². The van der Waals surface area contributed by atoms with Crippen LogP contribution in [0.25, 0.3) is 0 Å². The molecule has 2 atom stereocenters. The molecule has 0 saturated carbocycles. The highest BCUT2D eigenvalue weighted by Crippen LogP contribution is 2.17. The zero-order valence-electron chi connectivity index (χ0n) is 14.3. The van der Waals surface area contributed by atoms with Crippen LogP contribution in [0.2, 0.25) is 0 Å². The van der Waals surface area contributed by atoms with Crippen molar-refractivity contribution in [2.75, 3.05) is 26.7 Å². The quantitative estimate of drug-likeness (QED) is 0.876. The molecule has 1 aliphatic rings. The van der Waals surface area contributed by atoms with E-state index in [0.717, 1.165) is 19.5 Å². The third-order valence-corrected chi connectivity index (χ3v) is 4.69. The molecule has 1 aromatic rings. The maximum absolute atomic E-state index is 12.3. The fourth-order valence-electron chi connectivity index (χ4n) is 3.04. The summed E-state index contributed by atoms with van der Waals surface area (Å²) in [5.41, 5.74) is 3.73. The van der Waals surface area contributed by atoms with E-state index < -0.39 is 0 Å². The first-order valence-electron chi connectivity index (χ1n) is 8.25. The molecule has 2 N–H and O–H groups in total. The summed E-state index contributed by atoms with van der Waals surface area (Å²) >= 11 is 0. The lowest BCUT2D eigenvalue weighted by Gasteiger charge is -2.32. The Labute approximate surface area is 134 Å². The molecule has 22 heavy (non-hydrogen) atoms. The van der Waals surface area contributed by atoms with Crippen LogP contribution in [0.1, 0.15) is 42.5 Å². The lowest BCUT2D eigenvalue weighted by Crippen LogP contribution is -2.48. The maximum atomic E-state index is 12.3. The number of likely N-dealkylation sites (tertiary alicyclic amines) is 1. The Morgan fingerprint density at radius 1 is 1.36 bits per heavy atom. The van der Waals surface area contributed by atoms with Gasteiger partial charge >= 0.3 is 0 Å². The number of hydrogen-bond donors (Lipinski definition) is 2. The molecule has 1 aliphatic heterocycles. The van der Waals surface area contributed by atoms with Crippen LogP contribution < -0.4 is 10.6 Å². The van der Waals surface area contributed by atoms with Gasteiger partial charge in [-0.25, -0.2) is 0 Å². The van der Waals surface area contributed by atoms with Gasteiger partial charge in [-0.05, 0) is 63.9 Å². The first kappa shape index (κ1) is 17.0. The van der Waals surface area contributed by atoms with Gasteiger partial charge in [-0.3, -0.25) is 9.69 Å². The van der Waals surface area contributed by atoms with Gasteiger partial charge in [0.05, 0.1) is 12.6 Å². The van der Waals surface area contributed by atoms with Gasteiger partial charge in [0.15, 0.2) is 0 Å². The van der Waals surface area contributed by atoms with E-state index in [1.807, 2.05) is 7.05 Å². The minimum absolute atomic E-state index is 0.0525. The van der Waals surface area contributed by atoms with Crippen LogP contribution in [-0.4, -0.2) is 43.5 Å². The Bertz CT molecular complexity index is 515. The summed E-state index contributed by atoms with van der Waals surface area (Å²) in [6.07, 6.45) is 2.36. The van der Waals surface area contributed by atoms with Gasteiger partial charge in [0.1, 0.15) is 0 Å². The predicted molar refractivity (Wildman–Crippen MR) is 91.0 cm³/mol. The summed E-state index contributed by atoms with van der Waals surface area (Å²) < 4.78 is 0. The third kappa shape index (κ3) is 4.55. The molecule has 1 saturated heterocycles. The van der Waals surface area contributed by atoms with Gasteiger partial charge in [0.2, 0.25) is 5.91 Å². The number of piperidine rings is 1. The van der Waals surface area contributed by atoms with E-state index in [-0.39, 0.29) is 11.9 Å². The van der Waals surface area contributed by atoms with Crippen molar-refractivity contribution in [2.24, 2.45) is 0 Å². The number of benzene rings is 1. The van der Waals surface area contributed by atoms with Crippen molar-refractivity contribution in [1.29, 1.82) is 0 Å². The molecule has 0 aliphatic carbocycles. The number of rotatable bonds is 5. The van der Waals surface area contributed by atoms with Crippen LogP contribution >= 0.6 is 0 Å². The first-order valence-corrected chi connectivity index (χ1v) is 8.25. The highest BCUT2D eigenvalue weighted by molar-refractivity contribution is 5.78. The summed E-state index contributed by atoms with van der Waals surface area (Å²) in [6.45, 7) is 8.74. The molecule has 1 amide bonds. The molecule has 2 rings (SSSR count). The average Bonchev–Trinajstić information content (AvgIpc) is 2.50. The summed E-state index contributed by atoms with van der Waals surface area (Å²) in [4.78, 5) is 14.5. The Morgan fingerprint density at radius 2 is 2.14 bits per heavy atom. The van der Waals surface area contributed by atoms with Crippen LogP contribution in [0.3, 0.4) is 0 Å². The first-order chi connectivity index (χ1) is 10.5. The van der Waals surface area contributed by atoms with E-state index >= 15 is 0 Å². The van der Waals surface area contributed by atoms with Crippen molar-refractivity contribution in [3.05, 3.63) is 34.9 Å². The van der Waals surface area contributed by atoms with Crippen LogP contribution in [0, 0.1) is 13.8 Å². The van der Waals surface area contributed by atoms with Gasteiger partial charge in [-0.1, -0.05) is 18.2 Å². The Balaban J connectivity index is 1.86. The molecule has 1 heterocycles. The molecule has 1 aromatic carbocycles.